The first-order valence-electron chi connectivity index (χ1n) is 5.69. The molecule has 1 aromatic carbocycles. The number of carbonyl (C=O) groups is 1. The van der Waals surface area contributed by atoms with Crippen LogP contribution in [-0.2, 0) is 4.79 Å². The number of hydrogen-bond donors (Lipinski definition) is 1. The molecule has 104 valence electrons. The maximum Gasteiger partial charge on any atom is 0.394 e. The number of likely N-dealkylation sites (tertiary alicyclic amines) is 1. The third-order valence-electron chi connectivity index (χ3n) is 2.92. The minimum atomic E-state index is -4.15. The van der Waals surface area contributed by atoms with Crippen LogP contribution in [0.2, 0.25) is 0 Å². The van der Waals surface area contributed by atoms with Crippen molar-refractivity contribution in [1.29, 1.82) is 0 Å². The minimum absolute atomic E-state index is 0.0113. The quantitative estimate of drug-likeness (QED) is 0.920. The molecule has 19 heavy (non-hydrogen) atoms. The molecule has 1 aromatic rings. The third-order valence-corrected chi connectivity index (χ3v) is 3.44. The number of rotatable bonds is 3. The van der Waals surface area contributed by atoms with Crippen LogP contribution in [0, 0.1) is 5.92 Å². The van der Waals surface area contributed by atoms with Crippen molar-refractivity contribution < 1.29 is 18.0 Å². The highest BCUT2D eigenvalue weighted by Gasteiger charge is 2.47. The Kier molecular flexibility index (Phi) is 4.15. The molecule has 1 fully saturated rings. The molecule has 0 aliphatic carbocycles. The van der Waals surface area contributed by atoms with Gasteiger partial charge >= 0.3 is 6.18 Å². The van der Waals surface area contributed by atoms with E-state index in [-0.39, 0.29) is 25.5 Å². The molecule has 0 bridgehead atoms. The smallest absolute Gasteiger partial charge is 0.325 e. The van der Waals surface area contributed by atoms with E-state index >= 15 is 0 Å². The molecule has 0 saturated carbocycles. The molecular formula is C12H12BrF3N2O. The number of nitrogens with zero attached hydrogens (tertiary/aromatic N) is 1. The summed E-state index contributed by atoms with van der Waals surface area (Å²) in [6, 6.07) is 6.99. The van der Waals surface area contributed by atoms with Gasteiger partial charge in [0.15, 0.2) is 0 Å². The Balaban J connectivity index is 1.76. The van der Waals surface area contributed by atoms with Gasteiger partial charge in [0.1, 0.15) is 0 Å². The van der Waals surface area contributed by atoms with Gasteiger partial charge in [-0.3, -0.25) is 9.69 Å². The fourth-order valence-corrected chi connectivity index (χ4v) is 2.11. The molecule has 0 aromatic heterocycles. The van der Waals surface area contributed by atoms with E-state index < -0.39 is 12.1 Å². The van der Waals surface area contributed by atoms with Gasteiger partial charge in [0.05, 0.1) is 12.5 Å². The van der Waals surface area contributed by atoms with Crippen molar-refractivity contribution in [1.82, 2.24) is 4.90 Å². The number of alkyl halides is 3. The lowest BCUT2D eigenvalue weighted by molar-refractivity contribution is -0.208. The highest BCUT2D eigenvalue weighted by molar-refractivity contribution is 9.10. The number of benzene rings is 1. The van der Waals surface area contributed by atoms with Crippen molar-refractivity contribution >= 4 is 27.5 Å². The molecule has 1 N–H and O–H groups in total. The number of nitrogens with one attached hydrogen (secondary N) is 1. The number of halogens is 4. The molecule has 3 nitrogen and oxygen atoms in total. The van der Waals surface area contributed by atoms with Gasteiger partial charge in [0, 0.05) is 23.2 Å². The average Bonchev–Trinajstić information content (AvgIpc) is 2.24. The Morgan fingerprint density at radius 3 is 2.42 bits per heavy atom. The maximum absolute atomic E-state index is 12.3. The van der Waals surface area contributed by atoms with Gasteiger partial charge in [-0.1, -0.05) is 15.9 Å². The second-order valence-corrected chi connectivity index (χ2v) is 5.40. The van der Waals surface area contributed by atoms with Gasteiger partial charge in [-0.05, 0) is 24.3 Å². The lowest BCUT2D eigenvalue weighted by Crippen LogP contribution is -2.55. The fourth-order valence-electron chi connectivity index (χ4n) is 1.84. The van der Waals surface area contributed by atoms with Crippen LogP contribution in [0.25, 0.3) is 0 Å². The van der Waals surface area contributed by atoms with Crippen LogP contribution in [-0.4, -0.2) is 36.6 Å². The van der Waals surface area contributed by atoms with Crippen LogP contribution in [0.5, 0.6) is 0 Å². The zero-order chi connectivity index (χ0) is 14.0. The summed E-state index contributed by atoms with van der Waals surface area (Å²) >= 11 is 3.27. The molecule has 1 saturated heterocycles. The molecule has 2 rings (SSSR count). The molecule has 1 aliphatic rings. The van der Waals surface area contributed by atoms with Crippen molar-refractivity contribution in [2.24, 2.45) is 5.92 Å². The van der Waals surface area contributed by atoms with E-state index in [4.69, 9.17) is 0 Å². The molecule has 0 unspecified atom stereocenters. The molecule has 0 radical (unpaired) electrons. The number of anilines is 1. The highest BCUT2D eigenvalue weighted by atomic mass is 79.9. The summed E-state index contributed by atoms with van der Waals surface area (Å²) < 4.78 is 37.7. The summed E-state index contributed by atoms with van der Waals surface area (Å²) in [6.07, 6.45) is -4.15. The Hall–Kier alpha value is -1.08. The van der Waals surface area contributed by atoms with Gasteiger partial charge in [-0.25, -0.2) is 0 Å². The van der Waals surface area contributed by atoms with E-state index in [1.807, 2.05) is 0 Å². The Morgan fingerprint density at radius 1 is 1.32 bits per heavy atom. The zero-order valence-corrected chi connectivity index (χ0v) is 11.5. The van der Waals surface area contributed by atoms with Gasteiger partial charge in [-0.15, -0.1) is 0 Å². The molecule has 0 atom stereocenters. The van der Waals surface area contributed by atoms with Gasteiger partial charge in [-0.2, -0.15) is 13.2 Å². The molecule has 7 heteroatoms. The topological polar surface area (TPSA) is 32.3 Å². The molecule has 1 aliphatic heterocycles. The molecule has 1 heterocycles. The van der Waals surface area contributed by atoms with E-state index in [0.29, 0.717) is 5.69 Å². The first kappa shape index (κ1) is 14.3. The summed E-state index contributed by atoms with van der Waals surface area (Å²) in [6.45, 7) is -0.211. The molecule has 0 spiro atoms. The van der Waals surface area contributed by atoms with Gasteiger partial charge in [0.2, 0.25) is 5.91 Å². The Morgan fingerprint density at radius 2 is 1.89 bits per heavy atom. The van der Waals surface area contributed by atoms with Crippen molar-refractivity contribution in [2.75, 3.05) is 25.0 Å². The normalized spacial score (nSPS) is 17.1. The standard InChI is InChI=1S/C12H12BrF3N2O/c13-9-1-3-10(4-2-9)17-11(19)7-18-5-8(6-18)12(14,15)16/h1-4,8H,5-7H2,(H,17,19). The summed E-state index contributed by atoms with van der Waals surface area (Å²) in [4.78, 5) is 13.1. The molecule has 1 amide bonds. The highest BCUT2D eigenvalue weighted by Crippen LogP contribution is 2.33. The molecular weight excluding hydrogens is 325 g/mol. The Labute approximate surface area is 116 Å². The first-order valence-corrected chi connectivity index (χ1v) is 6.48. The van der Waals surface area contributed by atoms with Crippen LogP contribution >= 0.6 is 15.9 Å². The predicted molar refractivity (Wildman–Crippen MR) is 68.8 cm³/mol. The van der Waals surface area contributed by atoms with Crippen LogP contribution < -0.4 is 5.32 Å². The van der Waals surface area contributed by atoms with Crippen LogP contribution in [0.3, 0.4) is 0 Å². The summed E-state index contributed by atoms with van der Waals surface area (Å²) in [5.41, 5.74) is 0.626. The monoisotopic (exact) mass is 336 g/mol. The van der Waals surface area contributed by atoms with E-state index in [9.17, 15) is 18.0 Å². The number of hydrogen-bond acceptors (Lipinski definition) is 2. The van der Waals surface area contributed by atoms with E-state index in [1.54, 1.807) is 24.3 Å². The third kappa shape index (κ3) is 3.94. The summed E-state index contributed by atoms with van der Waals surface area (Å²) in [7, 11) is 0. The number of amides is 1. The summed E-state index contributed by atoms with van der Waals surface area (Å²) in [5.74, 6) is -1.60. The predicted octanol–water partition coefficient (Wildman–Crippen LogP) is 2.88. The zero-order valence-electron chi connectivity index (χ0n) is 9.88. The second kappa shape index (κ2) is 5.50. The van der Waals surface area contributed by atoms with E-state index in [2.05, 4.69) is 21.2 Å². The second-order valence-electron chi connectivity index (χ2n) is 4.49. The van der Waals surface area contributed by atoms with Gasteiger partial charge < -0.3 is 5.32 Å². The SMILES string of the molecule is O=C(CN1CC(C(F)(F)F)C1)Nc1ccc(Br)cc1. The maximum atomic E-state index is 12.3. The van der Waals surface area contributed by atoms with Gasteiger partial charge in [0.25, 0.3) is 0 Å². The van der Waals surface area contributed by atoms with E-state index in [0.717, 1.165) is 4.47 Å². The lowest BCUT2D eigenvalue weighted by atomic mass is 10.00. The minimum Gasteiger partial charge on any atom is -0.325 e. The summed E-state index contributed by atoms with van der Waals surface area (Å²) in [5, 5.41) is 2.64. The van der Waals surface area contributed by atoms with Crippen LogP contribution in [0.4, 0.5) is 18.9 Å². The van der Waals surface area contributed by atoms with Crippen molar-refractivity contribution in [2.45, 2.75) is 6.18 Å². The fraction of sp³-hybridized carbons (Fsp3) is 0.417. The lowest BCUT2D eigenvalue weighted by Gasteiger charge is -2.39. The Bertz CT molecular complexity index is 455. The first-order chi connectivity index (χ1) is 8.84. The van der Waals surface area contributed by atoms with Crippen molar-refractivity contribution in [3.05, 3.63) is 28.7 Å². The van der Waals surface area contributed by atoms with E-state index in [1.165, 1.54) is 4.90 Å². The van der Waals surface area contributed by atoms with Crippen LogP contribution in [0.1, 0.15) is 0 Å². The number of carbonyl (C=O) groups excluding carboxylic acids is 1. The van der Waals surface area contributed by atoms with Crippen molar-refractivity contribution in [3.8, 4) is 0 Å². The largest absolute Gasteiger partial charge is 0.394 e. The average molecular weight is 337 g/mol. The van der Waals surface area contributed by atoms with Crippen molar-refractivity contribution in [3.63, 3.8) is 0 Å². The van der Waals surface area contributed by atoms with Crippen LogP contribution in [0.15, 0.2) is 28.7 Å².